The SMILES string of the molecule is Cc1cccc2[nH]c(C(=O)N[C@@H](CC(C)C)C(=O)N3C[C@@H]4C[C@H]3CN4C(=O)c3nc4ccccc4[nH]3)cc12. The lowest BCUT2D eigenvalue weighted by Crippen LogP contribution is -2.56. The number of hydrogen-bond acceptors (Lipinski definition) is 4. The molecule has 4 aromatic rings. The zero-order chi connectivity index (χ0) is 26.6. The van der Waals surface area contributed by atoms with Gasteiger partial charge in [0.2, 0.25) is 5.91 Å². The van der Waals surface area contributed by atoms with Gasteiger partial charge in [-0.25, -0.2) is 4.98 Å². The Morgan fingerprint density at radius 1 is 1.00 bits per heavy atom. The molecule has 2 bridgehead atoms. The molecule has 2 aromatic heterocycles. The highest BCUT2D eigenvalue weighted by molar-refractivity contribution is 6.01. The van der Waals surface area contributed by atoms with Crippen molar-refractivity contribution in [3.63, 3.8) is 0 Å². The van der Waals surface area contributed by atoms with Gasteiger partial charge < -0.3 is 25.1 Å². The van der Waals surface area contributed by atoms with E-state index < -0.39 is 6.04 Å². The first-order chi connectivity index (χ1) is 18.3. The smallest absolute Gasteiger partial charge is 0.290 e. The number of imidazole rings is 1. The Bertz CT molecular complexity index is 1520. The monoisotopic (exact) mass is 512 g/mol. The van der Waals surface area contributed by atoms with Gasteiger partial charge in [-0.15, -0.1) is 0 Å². The molecule has 2 aromatic carbocycles. The number of amides is 3. The molecular formula is C29H32N6O3. The lowest BCUT2D eigenvalue weighted by Gasteiger charge is -2.36. The van der Waals surface area contributed by atoms with E-state index >= 15 is 0 Å². The van der Waals surface area contributed by atoms with Gasteiger partial charge in [-0.3, -0.25) is 14.4 Å². The van der Waals surface area contributed by atoms with E-state index in [0.29, 0.717) is 31.0 Å². The van der Waals surface area contributed by atoms with Crippen LogP contribution in [-0.2, 0) is 4.79 Å². The van der Waals surface area contributed by atoms with E-state index in [0.717, 1.165) is 33.9 Å². The number of nitrogens with one attached hydrogen (secondary N) is 3. The summed E-state index contributed by atoms with van der Waals surface area (Å²) in [4.78, 5) is 54.6. The van der Waals surface area contributed by atoms with Crippen LogP contribution >= 0.6 is 0 Å². The molecular weight excluding hydrogens is 480 g/mol. The van der Waals surface area contributed by atoms with Crippen LogP contribution in [0.25, 0.3) is 21.9 Å². The first kappa shape index (κ1) is 24.2. The Kier molecular flexibility index (Phi) is 5.93. The number of aromatic amines is 2. The van der Waals surface area contributed by atoms with Crippen LogP contribution in [0, 0.1) is 12.8 Å². The third-order valence-corrected chi connectivity index (χ3v) is 7.81. The predicted octanol–water partition coefficient (Wildman–Crippen LogP) is 3.62. The molecule has 0 unspecified atom stereocenters. The fraction of sp³-hybridized carbons (Fsp3) is 0.379. The molecule has 2 aliphatic heterocycles. The fourth-order valence-electron chi connectivity index (χ4n) is 5.93. The lowest BCUT2D eigenvalue weighted by molar-refractivity contribution is -0.135. The molecule has 2 aliphatic rings. The number of carbonyl (C=O) groups excluding carboxylic acids is 3. The third-order valence-electron chi connectivity index (χ3n) is 7.81. The summed E-state index contributed by atoms with van der Waals surface area (Å²) in [6.45, 7) is 7.03. The zero-order valence-electron chi connectivity index (χ0n) is 21.8. The van der Waals surface area contributed by atoms with Gasteiger partial charge >= 0.3 is 0 Å². The zero-order valence-corrected chi connectivity index (χ0v) is 21.8. The topological polar surface area (TPSA) is 114 Å². The van der Waals surface area contributed by atoms with Crippen LogP contribution in [-0.4, -0.2) is 73.7 Å². The molecule has 3 amide bonds. The first-order valence-electron chi connectivity index (χ1n) is 13.2. The van der Waals surface area contributed by atoms with Crippen LogP contribution in [0.1, 0.15) is 53.4 Å². The molecule has 0 radical (unpaired) electrons. The van der Waals surface area contributed by atoms with E-state index in [2.05, 4.69) is 20.3 Å². The van der Waals surface area contributed by atoms with Crippen LogP contribution in [0.5, 0.6) is 0 Å². The van der Waals surface area contributed by atoms with Crippen molar-refractivity contribution in [3.05, 3.63) is 65.6 Å². The standard InChI is InChI=1S/C29H32N6O3/c1-16(2)11-25(33-27(36)24-13-20-17(3)7-6-10-21(20)30-24)28(37)34-14-19-12-18(34)15-35(19)29(38)26-31-22-8-4-5-9-23(22)32-26/h4-10,13,16,18-19,25,30H,11-12,14-15H2,1-3H3,(H,31,32)(H,33,36)/t18-,19-,25-/m0/s1. The number of aryl methyl sites for hydroxylation is 1. The number of H-pyrrole nitrogens is 2. The number of aromatic nitrogens is 3. The Balaban J connectivity index is 1.15. The van der Waals surface area contributed by atoms with Crippen molar-refractivity contribution < 1.29 is 14.4 Å². The van der Waals surface area contributed by atoms with Crippen LogP contribution < -0.4 is 5.32 Å². The van der Waals surface area contributed by atoms with Gasteiger partial charge in [0.05, 0.1) is 23.1 Å². The number of likely N-dealkylation sites (tertiary alicyclic amines) is 2. The average Bonchev–Trinajstić information content (AvgIpc) is 3.69. The highest BCUT2D eigenvalue weighted by Gasteiger charge is 2.48. The summed E-state index contributed by atoms with van der Waals surface area (Å²) in [5.74, 6) is 0.0468. The minimum Gasteiger partial charge on any atom is -0.351 e. The highest BCUT2D eigenvalue weighted by Crippen LogP contribution is 2.33. The summed E-state index contributed by atoms with van der Waals surface area (Å²) in [5.41, 5.74) is 4.01. The summed E-state index contributed by atoms with van der Waals surface area (Å²) < 4.78 is 0. The second-order valence-electron chi connectivity index (χ2n) is 11.0. The second kappa shape index (κ2) is 9.31. The number of hydrogen-bond donors (Lipinski definition) is 3. The van der Waals surface area contributed by atoms with E-state index in [1.807, 2.05) is 79.1 Å². The number of piperazine rings is 1. The van der Waals surface area contributed by atoms with E-state index in [4.69, 9.17) is 0 Å². The van der Waals surface area contributed by atoms with Crippen LogP contribution in [0.3, 0.4) is 0 Å². The maximum absolute atomic E-state index is 13.7. The molecule has 0 saturated carbocycles. The number of rotatable bonds is 6. The van der Waals surface area contributed by atoms with Crippen LogP contribution in [0.2, 0.25) is 0 Å². The minimum atomic E-state index is -0.631. The summed E-state index contributed by atoms with van der Waals surface area (Å²) in [6, 6.07) is 14.6. The molecule has 3 atom stereocenters. The molecule has 9 heteroatoms. The Labute approximate surface area is 220 Å². The Morgan fingerprint density at radius 2 is 1.74 bits per heavy atom. The van der Waals surface area contributed by atoms with Gasteiger partial charge in [0.15, 0.2) is 5.82 Å². The fourth-order valence-corrected chi connectivity index (χ4v) is 5.93. The molecule has 0 aliphatic carbocycles. The van der Waals surface area contributed by atoms with Crippen LogP contribution in [0.15, 0.2) is 48.5 Å². The van der Waals surface area contributed by atoms with Crippen molar-refractivity contribution in [2.75, 3.05) is 13.1 Å². The third kappa shape index (κ3) is 4.21. The minimum absolute atomic E-state index is 0.0586. The lowest BCUT2D eigenvalue weighted by atomic mass is 10.0. The van der Waals surface area contributed by atoms with Gasteiger partial charge in [-0.1, -0.05) is 38.1 Å². The largest absolute Gasteiger partial charge is 0.351 e. The molecule has 4 heterocycles. The Hall–Kier alpha value is -4.14. The van der Waals surface area contributed by atoms with E-state index in [1.54, 1.807) is 0 Å². The predicted molar refractivity (Wildman–Crippen MR) is 145 cm³/mol. The summed E-state index contributed by atoms with van der Waals surface area (Å²) in [7, 11) is 0. The van der Waals surface area contributed by atoms with Crippen molar-refractivity contribution >= 4 is 39.7 Å². The van der Waals surface area contributed by atoms with Gasteiger partial charge in [0.25, 0.3) is 11.8 Å². The van der Waals surface area contributed by atoms with Gasteiger partial charge in [0, 0.05) is 24.0 Å². The normalized spacial score (nSPS) is 19.6. The van der Waals surface area contributed by atoms with E-state index in [9.17, 15) is 14.4 Å². The van der Waals surface area contributed by atoms with E-state index in [-0.39, 0.29) is 35.7 Å². The molecule has 6 rings (SSSR count). The van der Waals surface area contributed by atoms with Crippen molar-refractivity contribution in [2.45, 2.75) is 51.7 Å². The Morgan fingerprint density at radius 3 is 2.45 bits per heavy atom. The summed E-state index contributed by atoms with van der Waals surface area (Å²) in [5, 5.41) is 3.99. The molecule has 2 fully saturated rings. The maximum atomic E-state index is 13.7. The number of para-hydroxylation sites is 2. The number of carbonyl (C=O) groups is 3. The molecule has 9 nitrogen and oxygen atoms in total. The van der Waals surface area contributed by atoms with Gasteiger partial charge in [0.1, 0.15) is 11.7 Å². The van der Waals surface area contributed by atoms with Crippen molar-refractivity contribution in [1.29, 1.82) is 0 Å². The quantitative estimate of drug-likeness (QED) is 0.366. The number of benzene rings is 2. The molecule has 196 valence electrons. The van der Waals surface area contributed by atoms with Crippen molar-refractivity contribution in [2.24, 2.45) is 5.92 Å². The van der Waals surface area contributed by atoms with Crippen molar-refractivity contribution in [1.82, 2.24) is 30.1 Å². The van der Waals surface area contributed by atoms with E-state index in [1.165, 1.54) is 0 Å². The van der Waals surface area contributed by atoms with Gasteiger partial charge in [-0.05, 0) is 55.5 Å². The first-order valence-corrected chi connectivity index (χ1v) is 13.2. The van der Waals surface area contributed by atoms with Crippen LogP contribution in [0.4, 0.5) is 0 Å². The number of fused-ring (bicyclic) bond motifs is 4. The highest BCUT2D eigenvalue weighted by atomic mass is 16.2. The maximum Gasteiger partial charge on any atom is 0.290 e. The molecule has 38 heavy (non-hydrogen) atoms. The number of nitrogens with zero attached hydrogens (tertiary/aromatic N) is 3. The average molecular weight is 513 g/mol. The van der Waals surface area contributed by atoms with Crippen molar-refractivity contribution in [3.8, 4) is 0 Å². The van der Waals surface area contributed by atoms with Gasteiger partial charge in [-0.2, -0.15) is 0 Å². The summed E-state index contributed by atoms with van der Waals surface area (Å²) >= 11 is 0. The molecule has 3 N–H and O–H groups in total. The molecule has 2 saturated heterocycles. The summed E-state index contributed by atoms with van der Waals surface area (Å²) in [6.07, 6.45) is 1.28. The molecule has 0 spiro atoms. The second-order valence-corrected chi connectivity index (χ2v) is 11.0.